The molecule has 1 saturated carbocycles. The fourth-order valence-electron chi connectivity index (χ4n) is 3.55. The quantitative estimate of drug-likeness (QED) is 0.580. The molecule has 2 bridgehead atoms. The third-order valence-electron chi connectivity index (χ3n) is 4.55. The van der Waals surface area contributed by atoms with Crippen LogP contribution in [0.3, 0.4) is 0 Å². The van der Waals surface area contributed by atoms with E-state index in [0.717, 1.165) is 11.6 Å². The molecule has 4 nitrogen and oxygen atoms in total. The molecule has 2 amide bonds. The molecule has 5 aliphatic rings. The lowest BCUT2D eigenvalue weighted by atomic mass is 9.96. The first kappa shape index (κ1) is 10.3. The second-order valence-electron chi connectivity index (χ2n) is 5.57. The van der Waals surface area contributed by atoms with Crippen LogP contribution in [0.2, 0.25) is 0 Å². The molecule has 5 heteroatoms. The topological polar surface area (TPSA) is 26.8 Å². The Bertz CT molecular complexity index is 590. The molecule has 2 aliphatic carbocycles. The zero-order valence-electron chi connectivity index (χ0n) is 10.2. The van der Waals surface area contributed by atoms with Crippen molar-refractivity contribution in [2.75, 3.05) is 4.31 Å². The fourth-order valence-corrected chi connectivity index (χ4v) is 4.68. The minimum Gasteiger partial charge on any atom is -0.245 e. The number of carbonyl (C=O) groups excluding carboxylic acids is 1. The van der Waals surface area contributed by atoms with Crippen molar-refractivity contribution in [2.24, 2.45) is 11.8 Å². The van der Waals surface area contributed by atoms with Gasteiger partial charge in [-0.25, -0.2) is 14.1 Å². The Morgan fingerprint density at radius 1 is 1.05 bits per heavy atom. The number of carbonyl (C=O) groups is 1. The summed E-state index contributed by atoms with van der Waals surface area (Å²) in [5, 5.41) is 1.95. The smallest absolute Gasteiger partial charge is 0.245 e. The van der Waals surface area contributed by atoms with Gasteiger partial charge in [-0.05, 0) is 30.4 Å². The number of urea groups is 1. The van der Waals surface area contributed by atoms with Crippen molar-refractivity contribution < 1.29 is 4.79 Å². The highest BCUT2D eigenvalue weighted by atomic mass is 32.2. The van der Waals surface area contributed by atoms with Crippen LogP contribution in [-0.2, 0) is 0 Å². The van der Waals surface area contributed by atoms with E-state index in [1.165, 1.54) is 6.42 Å². The standard InChI is InChI=1S/C14H13N3OS/c18-14-15-12-6-7-13(11-8-10(11)12)17(15)19-16(14)9-4-2-1-3-5-9/h1-7,10-13H,8H2/t10-,11-,12+,13-/m0/s1. The third-order valence-corrected chi connectivity index (χ3v) is 5.67. The Balaban J connectivity index is 1.54. The van der Waals surface area contributed by atoms with Crippen LogP contribution in [0.1, 0.15) is 6.42 Å². The normalized spacial score (nSPS) is 38.6. The van der Waals surface area contributed by atoms with Crippen LogP contribution in [0, 0.1) is 11.8 Å². The number of amides is 2. The molecule has 0 aromatic heterocycles. The van der Waals surface area contributed by atoms with Gasteiger partial charge in [0, 0.05) is 0 Å². The van der Waals surface area contributed by atoms with Gasteiger partial charge in [0.25, 0.3) is 0 Å². The summed E-state index contributed by atoms with van der Waals surface area (Å²) in [5.41, 5.74) is 0.958. The minimum atomic E-state index is 0.0981. The second-order valence-corrected chi connectivity index (χ2v) is 6.47. The number of rotatable bonds is 1. The molecule has 19 heavy (non-hydrogen) atoms. The van der Waals surface area contributed by atoms with Gasteiger partial charge in [0.1, 0.15) is 0 Å². The Morgan fingerprint density at radius 3 is 2.63 bits per heavy atom. The number of hydrazine groups is 1. The third kappa shape index (κ3) is 1.22. The lowest BCUT2D eigenvalue weighted by Gasteiger charge is -2.43. The van der Waals surface area contributed by atoms with Crippen molar-refractivity contribution in [3.8, 4) is 0 Å². The molecule has 4 atom stereocenters. The zero-order valence-corrected chi connectivity index (χ0v) is 11.0. The van der Waals surface area contributed by atoms with Gasteiger partial charge in [0.05, 0.1) is 29.9 Å². The van der Waals surface area contributed by atoms with E-state index in [0.29, 0.717) is 12.0 Å². The van der Waals surface area contributed by atoms with Crippen molar-refractivity contribution in [2.45, 2.75) is 18.5 Å². The molecule has 0 radical (unpaired) electrons. The highest BCUT2D eigenvalue weighted by Gasteiger charge is 2.63. The first-order valence-electron chi connectivity index (χ1n) is 6.68. The van der Waals surface area contributed by atoms with Gasteiger partial charge in [0.15, 0.2) is 0 Å². The molecule has 0 spiro atoms. The predicted octanol–water partition coefficient (Wildman–Crippen LogP) is 2.67. The second kappa shape index (κ2) is 3.35. The van der Waals surface area contributed by atoms with Crippen LogP contribution in [0.15, 0.2) is 42.5 Å². The van der Waals surface area contributed by atoms with Crippen LogP contribution in [0.25, 0.3) is 0 Å². The Hall–Kier alpha value is -1.46. The predicted molar refractivity (Wildman–Crippen MR) is 73.9 cm³/mol. The van der Waals surface area contributed by atoms with Crippen LogP contribution >= 0.6 is 12.1 Å². The lowest BCUT2D eigenvalue weighted by Crippen LogP contribution is -2.56. The van der Waals surface area contributed by atoms with E-state index >= 15 is 0 Å². The van der Waals surface area contributed by atoms with Gasteiger partial charge >= 0.3 is 6.03 Å². The van der Waals surface area contributed by atoms with Gasteiger partial charge in [-0.3, -0.25) is 0 Å². The maximum Gasteiger partial charge on any atom is 0.351 e. The van der Waals surface area contributed by atoms with Crippen molar-refractivity contribution >= 4 is 23.9 Å². The first-order valence-corrected chi connectivity index (χ1v) is 7.41. The van der Waals surface area contributed by atoms with Crippen LogP contribution < -0.4 is 4.31 Å². The molecule has 1 aromatic carbocycles. The number of hydrogen-bond acceptors (Lipinski definition) is 3. The molecule has 2 saturated heterocycles. The number of anilines is 1. The summed E-state index contributed by atoms with van der Waals surface area (Å²) in [6, 6.07) is 10.7. The van der Waals surface area contributed by atoms with Crippen LogP contribution in [0.5, 0.6) is 0 Å². The van der Waals surface area contributed by atoms with E-state index in [1.807, 2.05) is 35.3 Å². The molecule has 3 fully saturated rings. The number of para-hydroxylation sites is 1. The molecule has 1 aromatic rings. The van der Waals surface area contributed by atoms with Gasteiger partial charge in [-0.1, -0.05) is 30.4 Å². The number of nitrogens with zero attached hydrogens (tertiary/aromatic N) is 3. The fraction of sp³-hybridized carbons (Fsp3) is 0.357. The highest BCUT2D eigenvalue weighted by Crippen LogP contribution is 2.58. The molecule has 3 heterocycles. The molecule has 0 N–H and O–H groups in total. The Morgan fingerprint density at radius 2 is 1.79 bits per heavy atom. The summed E-state index contributed by atoms with van der Waals surface area (Å²) in [4.78, 5) is 12.6. The van der Waals surface area contributed by atoms with E-state index in [-0.39, 0.29) is 12.1 Å². The van der Waals surface area contributed by atoms with E-state index in [4.69, 9.17) is 0 Å². The zero-order chi connectivity index (χ0) is 12.6. The van der Waals surface area contributed by atoms with Gasteiger partial charge < -0.3 is 0 Å². The number of hydrogen-bond donors (Lipinski definition) is 0. The maximum atomic E-state index is 12.6. The average Bonchev–Trinajstić information content (AvgIpc) is 3.20. The van der Waals surface area contributed by atoms with Crippen molar-refractivity contribution in [3.05, 3.63) is 42.5 Å². The molecule has 6 rings (SSSR count). The largest absolute Gasteiger partial charge is 0.351 e. The Kier molecular flexibility index (Phi) is 1.82. The molecular formula is C14H13N3OS. The van der Waals surface area contributed by atoms with E-state index in [9.17, 15) is 4.79 Å². The lowest BCUT2D eigenvalue weighted by molar-refractivity contribution is 0.0205. The summed E-state index contributed by atoms with van der Waals surface area (Å²) in [6.07, 6.45) is 5.78. The van der Waals surface area contributed by atoms with Crippen molar-refractivity contribution in [1.82, 2.24) is 9.42 Å². The number of benzene rings is 1. The average molecular weight is 271 g/mol. The first-order chi connectivity index (χ1) is 9.34. The summed E-state index contributed by atoms with van der Waals surface area (Å²) in [5.74, 6) is 1.47. The van der Waals surface area contributed by atoms with E-state index in [2.05, 4.69) is 16.6 Å². The maximum absolute atomic E-state index is 12.6. The summed E-state index contributed by atoms with van der Waals surface area (Å²) in [7, 11) is 0. The Labute approximate surface area is 115 Å². The molecule has 3 aliphatic heterocycles. The molecule has 0 unspecified atom stereocenters. The van der Waals surface area contributed by atoms with Crippen molar-refractivity contribution in [1.29, 1.82) is 0 Å². The highest BCUT2D eigenvalue weighted by molar-refractivity contribution is 7.99. The van der Waals surface area contributed by atoms with Crippen molar-refractivity contribution in [3.63, 3.8) is 0 Å². The van der Waals surface area contributed by atoms with Crippen LogP contribution in [0.4, 0.5) is 10.5 Å². The molecular weight excluding hydrogens is 258 g/mol. The molecule has 96 valence electrons. The monoisotopic (exact) mass is 271 g/mol. The van der Waals surface area contributed by atoms with E-state index in [1.54, 1.807) is 16.4 Å². The summed E-state index contributed by atoms with van der Waals surface area (Å²) < 4.78 is 3.98. The SMILES string of the molecule is O=C1N(c2ccccc2)SN2[C@H]3C=C[C@H]([C@H]4C[C@@H]43)N12. The summed E-state index contributed by atoms with van der Waals surface area (Å²) in [6.45, 7) is 0. The minimum absolute atomic E-state index is 0.0981. The van der Waals surface area contributed by atoms with Gasteiger partial charge in [-0.2, -0.15) is 0 Å². The van der Waals surface area contributed by atoms with Gasteiger partial charge in [-0.15, -0.1) is 4.41 Å². The van der Waals surface area contributed by atoms with Crippen LogP contribution in [-0.4, -0.2) is 27.5 Å². The van der Waals surface area contributed by atoms with Gasteiger partial charge in [0.2, 0.25) is 0 Å². The van der Waals surface area contributed by atoms with E-state index < -0.39 is 0 Å². The summed E-state index contributed by atoms with van der Waals surface area (Å²) >= 11 is 1.54.